The summed E-state index contributed by atoms with van der Waals surface area (Å²) in [6, 6.07) is 20.3. The number of benzene rings is 2. The lowest BCUT2D eigenvalue weighted by atomic mass is 9.57. The lowest BCUT2D eigenvalue weighted by Crippen LogP contribution is -2.58. The summed E-state index contributed by atoms with van der Waals surface area (Å²) >= 11 is 0. The van der Waals surface area contributed by atoms with Crippen molar-refractivity contribution in [3.05, 3.63) is 78.4 Å². The van der Waals surface area contributed by atoms with Crippen molar-refractivity contribution >= 4 is 0 Å². The third-order valence-electron chi connectivity index (χ3n) is 6.92. The van der Waals surface area contributed by atoms with E-state index in [9.17, 15) is 0 Å². The summed E-state index contributed by atoms with van der Waals surface area (Å²) in [5.41, 5.74) is 3.11. The maximum Gasteiger partial charge on any atom is 0.119 e. The van der Waals surface area contributed by atoms with Gasteiger partial charge in [-0.15, -0.1) is 6.58 Å². The molecular weight excluding hydrogens is 330 g/mol. The molecule has 2 bridgehead atoms. The van der Waals surface area contributed by atoms with E-state index < -0.39 is 0 Å². The van der Waals surface area contributed by atoms with Gasteiger partial charge in [0.15, 0.2) is 0 Å². The third-order valence-corrected chi connectivity index (χ3v) is 6.92. The Bertz CT molecular complexity index is 771. The lowest BCUT2D eigenvalue weighted by molar-refractivity contribution is 0.0115. The second-order valence-corrected chi connectivity index (χ2v) is 8.13. The van der Waals surface area contributed by atoms with Crippen LogP contribution in [0.1, 0.15) is 36.8 Å². The molecule has 27 heavy (non-hydrogen) atoms. The molecule has 2 heteroatoms. The quantitative estimate of drug-likeness (QED) is 0.653. The number of nitrogens with zero attached hydrogens (tertiary/aromatic N) is 1. The van der Waals surface area contributed by atoms with Gasteiger partial charge < -0.3 is 4.74 Å². The number of hydrogen-bond donors (Lipinski definition) is 0. The van der Waals surface area contributed by atoms with Crippen LogP contribution in [0, 0.1) is 5.92 Å². The lowest BCUT2D eigenvalue weighted by Gasteiger charge is -2.56. The molecule has 2 nitrogen and oxygen atoms in total. The summed E-state index contributed by atoms with van der Waals surface area (Å²) in [5, 5.41) is 0. The molecule has 2 aromatic carbocycles. The fourth-order valence-electron chi connectivity index (χ4n) is 5.54. The third kappa shape index (κ3) is 3.43. The van der Waals surface area contributed by atoms with Gasteiger partial charge in [0.25, 0.3) is 0 Å². The van der Waals surface area contributed by atoms with Crippen molar-refractivity contribution in [1.29, 1.82) is 0 Å². The Balaban J connectivity index is 1.57. The van der Waals surface area contributed by atoms with Crippen molar-refractivity contribution in [2.24, 2.45) is 5.92 Å². The Morgan fingerprint density at radius 2 is 2.00 bits per heavy atom. The Morgan fingerprint density at radius 1 is 1.15 bits per heavy atom. The van der Waals surface area contributed by atoms with Crippen LogP contribution in [0.3, 0.4) is 0 Å². The van der Waals surface area contributed by atoms with Gasteiger partial charge in [0.1, 0.15) is 5.75 Å². The van der Waals surface area contributed by atoms with Crippen molar-refractivity contribution in [2.45, 2.75) is 43.6 Å². The van der Waals surface area contributed by atoms with Crippen LogP contribution in [0.2, 0.25) is 0 Å². The first-order valence-electron chi connectivity index (χ1n) is 10.3. The van der Waals surface area contributed by atoms with Crippen LogP contribution in [0.25, 0.3) is 0 Å². The Kier molecular flexibility index (Phi) is 5.36. The zero-order valence-electron chi connectivity index (χ0n) is 16.4. The highest BCUT2D eigenvalue weighted by Crippen LogP contribution is 2.51. The van der Waals surface area contributed by atoms with Crippen molar-refractivity contribution in [3.63, 3.8) is 0 Å². The van der Waals surface area contributed by atoms with Gasteiger partial charge in [-0.3, -0.25) is 4.90 Å². The van der Waals surface area contributed by atoms with Gasteiger partial charge in [0, 0.05) is 23.9 Å². The fraction of sp³-hybridized carbons (Fsp3) is 0.440. The van der Waals surface area contributed by atoms with Crippen LogP contribution in [0.15, 0.2) is 67.3 Å². The van der Waals surface area contributed by atoms with Crippen molar-refractivity contribution in [2.75, 3.05) is 20.2 Å². The first kappa shape index (κ1) is 18.3. The SMILES string of the molecule is C=CC1C2CCCC1(c1cccc(OC)c1)CCN2CCc1ccccc1. The predicted octanol–water partition coefficient (Wildman–Crippen LogP) is 5.24. The van der Waals surface area contributed by atoms with E-state index in [4.69, 9.17) is 4.74 Å². The highest BCUT2D eigenvalue weighted by Gasteiger charge is 2.50. The zero-order chi connectivity index (χ0) is 18.7. The molecule has 3 unspecified atom stereocenters. The smallest absolute Gasteiger partial charge is 0.119 e. The van der Waals surface area contributed by atoms with Gasteiger partial charge in [-0.25, -0.2) is 0 Å². The highest BCUT2D eigenvalue weighted by molar-refractivity contribution is 5.37. The second kappa shape index (κ2) is 7.90. The topological polar surface area (TPSA) is 12.5 Å². The normalized spacial score (nSPS) is 27.9. The number of piperidine rings is 1. The van der Waals surface area contributed by atoms with Gasteiger partial charge in [-0.1, -0.05) is 55.0 Å². The number of hydrogen-bond acceptors (Lipinski definition) is 2. The molecule has 1 aliphatic carbocycles. The van der Waals surface area contributed by atoms with E-state index in [0.717, 1.165) is 18.7 Å². The van der Waals surface area contributed by atoms with Crippen LogP contribution >= 0.6 is 0 Å². The molecule has 1 heterocycles. The number of rotatable bonds is 6. The standard InChI is InChI=1S/C25H31NO/c1-3-23-24-13-8-15-25(23,21-11-7-12-22(19-21)27-2)16-18-26(24)17-14-20-9-5-4-6-10-20/h3-7,9-12,19,23-24H,1,8,13-18H2,2H3. The largest absolute Gasteiger partial charge is 0.497 e. The van der Waals surface area contributed by atoms with Gasteiger partial charge in [-0.05, 0) is 55.5 Å². The summed E-state index contributed by atoms with van der Waals surface area (Å²) in [6.45, 7) is 6.60. The molecule has 1 saturated carbocycles. The number of likely N-dealkylation sites (tertiary alicyclic amines) is 1. The highest BCUT2D eigenvalue weighted by atomic mass is 16.5. The van der Waals surface area contributed by atoms with Gasteiger partial charge in [-0.2, -0.15) is 0 Å². The molecule has 0 radical (unpaired) electrons. The van der Waals surface area contributed by atoms with Crippen molar-refractivity contribution in [3.8, 4) is 5.75 Å². The predicted molar refractivity (Wildman–Crippen MR) is 112 cm³/mol. The number of methoxy groups -OCH3 is 1. The number of fused-ring (bicyclic) bond motifs is 2. The average molecular weight is 362 g/mol. The zero-order valence-corrected chi connectivity index (χ0v) is 16.4. The van der Waals surface area contributed by atoms with Gasteiger partial charge in [0.05, 0.1) is 7.11 Å². The van der Waals surface area contributed by atoms with E-state index >= 15 is 0 Å². The summed E-state index contributed by atoms with van der Waals surface area (Å²) in [7, 11) is 1.76. The van der Waals surface area contributed by atoms with Crippen molar-refractivity contribution in [1.82, 2.24) is 4.90 Å². The maximum atomic E-state index is 5.52. The van der Waals surface area contributed by atoms with E-state index in [1.807, 2.05) is 0 Å². The van der Waals surface area contributed by atoms with Crippen LogP contribution in [0.4, 0.5) is 0 Å². The van der Waals surface area contributed by atoms with E-state index in [0.29, 0.717) is 12.0 Å². The average Bonchev–Trinajstić information content (AvgIpc) is 2.73. The summed E-state index contributed by atoms with van der Waals surface area (Å²) in [6.07, 6.45) is 8.44. The molecule has 4 rings (SSSR count). The molecule has 2 aromatic rings. The molecule has 0 N–H and O–H groups in total. The van der Waals surface area contributed by atoms with Crippen LogP contribution in [-0.2, 0) is 11.8 Å². The van der Waals surface area contributed by atoms with Gasteiger partial charge in [0.2, 0.25) is 0 Å². The molecule has 2 fully saturated rings. The van der Waals surface area contributed by atoms with Crippen LogP contribution in [-0.4, -0.2) is 31.1 Å². The maximum absolute atomic E-state index is 5.52. The molecule has 2 aliphatic rings. The molecule has 0 amide bonds. The molecule has 142 valence electrons. The summed E-state index contributed by atoms with van der Waals surface area (Å²) in [4.78, 5) is 2.73. The van der Waals surface area contributed by atoms with Crippen LogP contribution < -0.4 is 4.74 Å². The molecule has 0 aromatic heterocycles. The Labute approximate surface area is 163 Å². The molecule has 1 saturated heterocycles. The molecular formula is C25H31NO. The minimum absolute atomic E-state index is 0.225. The van der Waals surface area contributed by atoms with E-state index in [-0.39, 0.29) is 5.41 Å². The molecule has 0 spiro atoms. The Morgan fingerprint density at radius 3 is 2.78 bits per heavy atom. The van der Waals surface area contributed by atoms with E-state index in [2.05, 4.69) is 72.2 Å². The minimum Gasteiger partial charge on any atom is -0.497 e. The summed E-state index contributed by atoms with van der Waals surface area (Å²) in [5.74, 6) is 1.49. The van der Waals surface area contributed by atoms with E-state index in [1.165, 1.54) is 43.4 Å². The second-order valence-electron chi connectivity index (χ2n) is 8.13. The first-order valence-corrected chi connectivity index (χ1v) is 10.3. The summed E-state index contributed by atoms with van der Waals surface area (Å²) < 4.78 is 5.52. The first-order chi connectivity index (χ1) is 13.3. The molecule has 1 aliphatic heterocycles. The van der Waals surface area contributed by atoms with Crippen molar-refractivity contribution < 1.29 is 4.74 Å². The van der Waals surface area contributed by atoms with E-state index in [1.54, 1.807) is 7.11 Å². The number of ether oxygens (including phenoxy) is 1. The monoisotopic (exact) mass is 361 g/mol. The molecule has 3 atom stereocenters. The fourth-order valence-corrected chi connectivity index (χ4v) is 5.54. The minimum atomic E-state index is 0.225. The van der Waals surface area contributed by atoms with Crippen LogP contribution in [0.5, 0.6) is 5.75 Å². The Hall–Kier alpha value is -2.06. The van der Waals surface area contributed by atoms with Gasteiger partial charge >= 0.3 is 0 Å².